The van der Waals surface area contributed by atoms with Crippen molar-refractivity contribution in [3.63, 3.8) is 0 Å². The molecule has 1 heterocycles. The smallest absolute Gasteiger partial charge is 0.276 e. The van der Waals surface area contributed by atoms with Crippen LogP contribution in [0.25, 0.3) is 0 Å². The molecule has 84 valence electrons. The van der Waals surface area contributed by atoms with Crippen LogP contribution in [0.15, 0.2) is 6.20 Å². The molecule has 6 heteroatoms. The number of hydrogen-bond acceptors (Lipinski definition) is 3. The lowest BCUT2D eigenvalue weighted by Crippen LogP contribution is -2.11. The Morgan fingerprint density at radius 1 is 1.73 bits per heavy atom. The van der Waals surface area contributed by atoms with Crippen molar-refractivity contribution in [3.05, 3.63) is 11.9 Å². The van der Waals surface area contributed by atoms with Crippen molar-refractivity contribution in [1.29, 1.82) is 0 Å². The van der Waals surface area contributed by atoms with Crippen LogP contribution >= 0.6 is 0 Å². The van der Waals surface area contributed by atoms with Crippen molar-refractivity contribution in [2.75, 3.05) is 12.3 Å². The van der Waals surface area contributed by atoms with Gasteiger partial charge in [0.25, 0.3) is 5.92 Å². The minimum Gasteiger partial charge on any atom is -0.396 e. The van der Waals surface area contributed by atoms with Crippen LogP contribution in [0.2, 0.25) is 0 Å². The van der Waals surface area contributed by atoms with E-state index in [9.17, 15) is 8.78 Å². The molecular formula is C9H13F2N3O. The van der Waals surface area contributed by atoms with Gasteiger partial charge in [0, 0.05) is 12.6 Å². The predicted octanol–water partition coefficient (Wildman–Crippen LogP) is 1.20. The Morgan fingerprint density at radius 2 is 2.40 bits per heavy atom. The summed E-state index contributed by atoms with van der Waals surface area (Å²) >= 11 is 0. The number of aryl methyl sites for hydroxylation is 1. The highest BCUT2D eigenvalue weighted by atomic mass is 19.3. The van der Waals surface area contributed by atoms with Crippen LogP contribution in [0, 0.1) is 6.92 Å². The quantitative estimate of drug-likeness (QED) is 0.824. The number of rotatable bonds is 4. The first-order valence-electron chi connectivity index (χ1n) is 4.78. The molecule has 1 fully saturated rings. The first-order valence-corrected chi connectivity index (χ1v) is 4.78. The van der Waals surface area contributed by atoms with Crippen molar-refractivity contribution in [2.24, 2.45) is 0 Å². The van der Waals surface area contributed by atoms with Crippen LogP contribution in [0.3, 0.4) is 0 Å². The Labute approximate surface area is 86.0 Å². The van der Waals surface area contributed by atoms with Crippen LogP contribution in [0.4, 0.5) is 14.5 Å². The topological polar surface area (TPSA) is 53.1 Å². The highest BCUT2D eigenvalue weighted by molar-refractivity contribution is 5.39. The zero-order chi connectivity index (χ0) is 11.1. The SMILES string of the molecule is Cc1nn(CCOC2CC2(F)F)cc1N. The fourth-order valence-corrected chi connectivity index (χ4v) is 1.31. The van der Waals surface area contributed by atoms with Gasteiger partial charge in [0.1, 0.15) is 6.10 Å². The zero-order valence-electron chi connectivity index (χ0n) is 8.41. The van der Waals surface area contributed by atoms with Crippen LogP contribution < -0.4 is 5.73 Å². The Hall–Kier alpha value is -1.17. The molecule has 2 rings (SSSR count). The lowest BCUT2D eigenvalue weighted by Gasteiger charge is -2.02. The van der Waals surface area contributed by atoms with E-state index in [2.05, 4.69) is 5.10 Å². The molecule has 2 N–H and O–H groups in total. The molecule has 1 aromatic rings. The second-order valence-corrected chi connectivity index (χ2v) is 3.76. The summed E-state index contributed by atoms with van der Waals surface area (Å²) in [6.07, 6.45) is 0.614. The van der Waals surface area contributed by atoms with Gasteiger partial charge in [0.05, 0.1) is 24.5 Å². The first-order chi connectivity index (χ1) is 6.99. The van der Waals surface area contributed by atoms with Gasteiger partial charge in [-0.15, -0.1) is 0 Å². The van der Waals surface area contributed by atoms with Gasteiger partial charge >= 0.3 is 0 Å². The number of nitrogens with two attached hydrogens (primary N) is 1. The van der Waals surface area contributed by atoms with Crippen LogP contribution in [-0.2, 0) is 11.3 Å². The number of aromatic nitrogens is 2. The molecule has 15 heavy (non-hydrogen) atoms. The maximum absolute atomic E-state index is 12.4. The fourth-order valence-electron chi connectivity index (χ4n) is 1.31. The molecule has 0 radical (unpaired) electrons. The molecule has 0 aliphatic heterocycles. The number of nitrogen functional groups attached to an aromatic ring is 1. The van der Waals surface area contributed by atoms with E-state index in [1.807, 2.05) is 0 Å². The summed E-state index contributed by atoms with van der Waals surface area (Å²) in [7, 11) is 0. The molecule has 1 atom stereocenters. The third-order valence-electron chi connectivity index (χ3n) is 2.39. The highest BCUT2D eigenvalue weighted by Crippen LogP contribution is 2.44. The van der Waals surface area contributed by atoms with Gasteiger partial charge in [0.15, 0.2) is 0 Å². The second kappa shape index (κ2) is 3.44. The molecule has 4 nitrogen and oxygen atoms in total. The van der Waals surface area contributed by atoms with Crippen LogP contribution in [0.1, 0.15) is 12.1 Å². The van der Waals surface area contributed by atoms with Gasteiger partial charge in [-0.1, -0.05) is 0 Å². The van der Waals surface area contributed by atoms with Gasteiger partial charge in [-0.25, -0.2) is 8.78 Å². The van der Waals surface area contributed by atoms with E-state index in [0.717, 1.165) is 5.69 Å². The van der Waals surface area contributed by atoms with E-state index >= 15 is 0 Å². The Morgan fingerprint density at radius 3 is 2.87 bits per heavy atom. The van der Waals surface area contributed by atoms with Crippen LogP contribution in [0.5, 0.6) is 0 Å². The summed E-state index contributed by atoms with van der Waals surface area (Å²) in [6.45, 7) is 2.48. The molecule has 1 aliphatic carbocycles. The average Bonchev–Trinajstić information content (AvgIpc) is 2.59. The largest absolute Gasteiger partial charge is 0.396 e. The number of nitrogens with zero attached hydrogens (tertiary/aromatic N) is 2. The molecule has 0 aromatic carbocycles. The number of halogens is 2. The number of hydrogen-bond donors (Lipinski definition) is 1. The summed E-state index contributed by atoms with van der Waals surface area (Å²) in [6, 6.07) is 0. The molecule has 0 bridgehead atoms. The molecular weight excluding hydrogens is 204 g/mol. The Balaban J connectivity index is 1.75. The van der Waals surface area contributed by atoms with Crippen LogP contribution in [-0.4, -0.2) is 28.4 Å². The van der Waals surface area contributed by atoms with E-state index in [1.54, 1.807) is 17.8 Å². The summed E-state index contributed by atoms with van der Waals surface area (Å²) in [4.78, 5) is 0. The van der Waals surface area contributed by atoms with Crippen molar-refractivity contribution in [3.8, 4) is 0 Å². The van der Waals surface area contributed by atoms with Crippen molar-refractivity contribution in [2.45, 2.75) is 31.9 Å². The lowest BCUT2D eigenvalue weighted by atomic mass is 10.4. The number of ether oxygens (including phenoxy) is 1. The zero-order valence-corrected chi connectivity index (χ0v) is 8.41. The van der Waals surface area contributed by atoms with Crippen molar-refractivity contribution < 1.29 is 13.5 Å². The van der Waals surface area contributed by atoms with Gasteiger partial charge in [-0.05, 0) is 6.92 Å². The van der Waals surface area contributed by atoms with E-state index < -0.39 is 12.0 Å². The minimum atomic E-state index is -2.61. The Kier molecular flexibility index (Phi) is 2.38. The van der Waals surface area contributed by atoms with E-state index in [0.29, 0.717) is 12.2 Å². The molecule has 1 aliphatic rings. The van der Waals surface area contributed by atoms with Gasteiger partial charge in [-0.2, -0.15) is 5.10 Å². The average molecular weight is 217 g/mol. The third-order valence-corrected chi connectivity index (χ3v) is 2.39. The lowest BCUT2D eigenvalue weighted by molar-refractivity contribution is 0.00999. The third kappa shape index (κ3) is 2.26. The van der Waals surface area contributed by atoms with Gasteiger partial charge < -0.3 is 10.5 Å². The van der Waals surface area contributed by atoms with Crippen molar-refractivity contribution in [1.82, 2.24) is 9.78 Å². The molecule has 1 aromatic heterocycles. The molecule has 0 saturated heterocycles. The van der Waals surface area contributed by atoms with E-state index in [4.69, 9.17) is 10.5 Å². The molecule has 0 amide bonds. The van der Waals surface area contributed by atoms with Gasteiger partial charge in [-0.3, -0.25) is 4.68 Å². The minimum absolute atomic E-state index is 0.159. The van der Waals surface area contributed by atoms with Gasteiger partial charge in [0.2, 0.25) is 0 Å². The molecule has 1 saturated carbocycles. The standard InChI is InChI=1S/C9H13F2N3O/c1-6-7(12)5-14(13-6)2-3-15-8-4-9(8,10)11/h5,8H,2-4,12H2,1H3. The predicted molar refractivity (Wildman–Crippen MR) is 50.7 cm³/mol. The number of alkyl halides is 2. The van der Waals surface area contributed by atoms with E-state index in [1.165, 1.54) is 0 Å². The summed E-state index contributed by atoms with van der Waals surface area (Å²) in [5, 5.41) is 4.09. The molecule has 1 unspecified atom stereocenters. The highest BCUT2D eigenvalue weighted by Gasteiger charge is 2.58. The summed E-state index contributed by atoms with van der Waals surface area (Å²) in [5.41, 5.74) is 6.93. The molecule has 0 spiro atoms. The second-order valence-electron chi connectivity index (χ2n) is 3.76. The maximum atomic E-state index is 12.4. The maximum Gasteiger partial charge on any atom is 0.276 e. The first kappa shape index (κ1) is 10.4. The van der Waals surface area contributed by atoms with Crippen molar-refractivity contribution >= 4 is 5.69 Å². The fraction of sp³-hybridized carbons (Fsp3) is 0.667. The summed E-state index contributed by atoms with van der Waals surface area (Å²) < 4.78 is 31.4. The number of anilines is 1. The normalized spacial score (nSPS) is 23.0. The van der Waals surface area contributed by atoms with E-state index in [-0.39, 0.29) is 13.0 Å². The summed E-state index contributed by atoms with van der Waals surface area (Å²) in [5.74, 6) is -2.61. The monoisotopic (exact) mass is 217 g/mol. The Bertz CT molecular complexity index is 345.